The molecular formula is C20H16FN3O2S2. The van der Waals surface area contributed by atoms with Crippen molar-refractivity contribution >= 4 is 35.4 Å². The van der Waals surface area contributed by atoms with E-state index in [0.717, 1.165) is 16.1 Å². The molecule has 0 saturated heterocycles. The van der Waals surface area contributed by atoms with Crippen LogP contribution in [0.15, 0.2) is 63.2 Å². The molecule has 0 bridgehead atoms. The number of aromatic amines is 1. The molecule has 1 aliphatic heterocycles. The Hall–Kier alpha value is -2.71. The first kappa shape index (κ1) is 18.6. The lowest BCUT2D eigenvalue weighted by Crippen LogP contribution is -2.23. The van der Waals surface area contributed by atoms with E-state index in [1.165, 1.54) is 16.7 Å². The van der Waals surface area contributed by atoms with Gasteiger partial charge in [0.1, 0.15) is 11.4 Å². The number of rotatable bonds is 2. The molecule has 0 saturated carbocycles. The lowest BCUT2D eigenvalue weighted by molar-refractivity contribution is 0.419. The molecule has 1 aromatic heterocycles. The van der Waals surface area contributed by atoms with Crippen molar-refractivity contribution in [2.75, 3.05) is 0 Å². The Morgan fingerprint density at radius 1 is 1.25 bits per heavy atom. The Morgan fingerprint density at radius 2 is 1.96 bits per heavy atom. The van der Waals surface area contributed by atoms with Gasteiger partial charge in [-0.3, -0.25) is 19.3 Å². The van der Waals surface area contributed by atoms with Crippen molar-refractivity contribution in [1.29, 1.82) is 0 Å². The number of aliphatic imine (C=N–C) groups is 1. The maximum absolute atomic E-state index is 13.4. The van der Waals surface area contributed by atoms with E-state index in [9.17, 15) is 14.3 Å². The van der Waals surface area contributed by atoms with Crippen LogP contribution in [-0.2, 0) is 7.05 Å². The molecule has 0 unspecified atom stereocenters. The fourth-order valence-corrected chi connectivity index (χ4v) is 4.51. The van der Waals surface area contributed by atoms with Gasteiger partial charge in [0.05, 0.1) is 11.4 Å². The van der Waals surface area contributed by atoms with Gasteiger partial charge in [-0.25, -0.2) is 4.39 Å². The number of benzene rings is 2. The van der Waals surface area contributed by atoms with Crippen LogP contribution in [0.2, 0.25) is 0 Å². The van der Waals surface area contributed by atoms with E-state index >= 15 is 0 Å². The standard InChI is InChI=1S/C20H16FN3O2S2/c1-24-19(26)17(18(25)23-20(24)27)14-10-16(11-6-8-12(21)9-7-11)28-15-5-3-2-4-13(15)22-14/h2-9,16,26H,10H2,1H3,(H,23,25,27)/t16-/m1/s1. The molecule has 8 heteroatoms. The van der Waals surface area contributed by atoms with E-state index in [1.807, 2.05) is 24.3 Å². The molecule has 0 fully saturated rings. The van der Waals surface area contributed by atoms with E-state index in [4.69, 9.17) is 12.2 Å². The van der Waals surface area contributed by atoms with E-state index in [0.29, 0.717) is 12.1 Å². The number of aromatic nitrogens is 2. The summed E-state index contributed by atoms with van der Waals surface area (Å²) in [5.41, 5.74) is 1.70. The molecule has 0 amide bonds. The third kappa shape index (κ3) is 3.41. The van der Waals surface area contributed by atoms with Gasteiger partial charge in [-0.15, -0.1) is 11.8 Å². The Labute approximate surface area is 169 Å². The van der Waals surface area contributed by atoms with Crippen molar-refractivity contribution in [3.05, 3.63) is 80.6 Å². The number of hydrogen-bond donors (Lipinski definition) is 2. The second kappa shape index (κ2) is 7.37. The van der Waals surface area contributed by atoms with E-state index in [2.05, 4.69) is 9.98 Å². The van der Waals surface area contributed by atoms with Gasteiger partial charge >= 0.3 is 0 Å². The summed E-state index contributed by atoms with van der Waals surface area (Å²) < 4.78 is 14.8. The normalized spacial score (nSPS) is 16.2. The van der Waals surface area contributed by atoms with Crippen molar-refractivity contribution in [3.63, 3.8) is 0 Å². The maximum Gasteiger partial charge on any atom is 0.264 e. The molecule has 2 heterocycles. The molecule has 28 heavy (non-hydrogen) atoms. The fraction of sp³-hybridized carbons (Fsp3) is 0.150. The molecule has 1 aliphatic rings. The number of H-pyrrole nitrogens is 1. The first-order valence-corrected chi connectivity index (χ1v) is 9.84. The highest BCUT2D eigenvalue weighted by Crippen LogP contribution is 2.45. The highest BCUT2D eigenvalue weighted by molar-refractivity contribution is 7.99. The second-order valence-electron chi connectivity index (χ2n) is 6.41. The molecule has 1 atom stereocenters. The number of nitrogens with one attached hydrogen (secondary N) is 1. The van der Waals surface area contributed by atoms with E-state index < -0.39 is 5.56 Å². The zero-order chi connectivity index (χ0) is 19.8. The molecule has 0 spiro atoms. The average Bonchev–Trinajstić information content (AvgIpc) is 2.86. The van der Waals surface area contributed by atoms with Crippen molar-refractivity contribution in [3.8, 4) is 5.88 Å². The van der Waals surface area contributed by atoms with Crippen LogP contribution < -0.4 is 5.56 Å². The predicted octanol–water partition coefficient (Wildman–Crippen LogP) is 4.65. The molecule has 142 valence electrons. The zero-order valence-corrected chi connectivity index (χ0v) is 16.5. The van der Waals surface area contributed by atoms with Crippen LogP contribution in [-0.4, -0.2) is 20.4 Å². The summed E-state index contributed by atoms with van der Waals surface area (Å²) in [6, 6.07) is 13.9. The van der Waals surface area contributed by atoms with Crippen molar-refractivity contribution in [1.82, 2.24) is 9.55 Å². The average molecular weight is 413 g/mol. The number of nitrogens with zero attached hydrogens (tertiary/aromatic N) is 2. The zero-order valence-electron chi connectivity index (χ0n) is 14.8. The monoisotopic (exact) mass is 413 g/mol. The maximum atomic E-state index is 13.4. The van der Waals surface area contributed by atoms with Gasteiger partial charge < -0.3 is 5.11 Å². The minimum absolute atomic E-state index is 0.0977. The molecule has 2 N–H and O–H groups in total. The summed E-state index contributed by atoms with van der Waals surface area (Å²) in [4.78, 5) is 20.8. The van der Waals surface area contributed by atoms with Gasteiger partial charge in [-0.05, 0) is 42.0 Å². The Kier molecular flexibility index (Phi) is 4.91. The Bertz CT molecular complexity index is 1200. The fourth-order valence-electron chi connectivity index (χ4n) is 3.10. The number of aromatic hydroxyl groups is 1. The molecular weight excluding hydrogens is 397 g/mol. The second-order valence-corrected chi connectivity index (χ2v) is 8.04. The molecule has 2 aromatic carbocycles. The summed E-state index contributed by atoms with van der Waals surface area (Å²) in [6.07, 6.45) is 0.387. The lowest BCUT2D eigenvalue weighted by Gasteiger charge is -2.16. The SMILES string of the molecule is Cn1c(O)c(C2=Nc3ccccc3S[C@@H](c3ccc(F)cc3)C2)c(=O)[nH]c1=S. The van der Waals surface area contributed by atoms with Crippen LogP contribution in [0.25, 0.3) is 0 Å². The topological polar surface area (TPSA) is 70.4 Å². The first-order chi connectivity index (χ1) is 13.4. The largest absolute Gasteiger partial charge is 0.494 e. The summed E-state index contributed by atoms with van der Waals surface area (Å²) in [5.74, 6) is -0.534. The summed E-state index contributed by atoms with van der Waals surface area (Å²) in [7, 11) is 1.58. The summed E-state index contributed by atoms with van der Waals surface area (Å²) in [5, 5.41) is 10.5. The van der Waals surface area contributed by atoms with Crippen LogP contribution in [0, 0.1) is 10.6 Å². The molecule has 0 aliphatic carbocycles. The van der Waals surface area contributed by atoms with Crippen LogP contribution in [0.5, 0.6) is 5.88 Å². The minimum Gasteiger partial charge on any atom is -0.494 e. The molecule has 4 rings (SSSR count). The molecule has 0 radical (unpaired) electrons. The third-order valence-electron chi connectivity index (χ3n) is 4.59. The van der Waals surface area contributed by atoms with Crippen molar-refractivity contribution in [2.24, 2.45) is 12.0 Å². The number of halogens is 1. The van der Waals surface area contributed by atoms with Crippen molar-refractivity contribution in [2.45, 2.75) is 16.6 Å². The number of para-hydroxylation sites is 1. The van der Waals surface area contributed by atoms with Gasteiger partial charge in [0, 0.05) is 23.6 Å². The van der Waals surface area contributed by atoms with E-state index in [-0.39, 0.29) is 27.3 Å². The van der Waals surface area contributed by atoms with Gasteiger partial charge in [0.25, 0.3) is 5.56 Å². The molecule has 3 aromatic rings. The van der Waals surface area contributed by atoms with Crippen LogP contribution in [0.4, 0.5) is 10.1 Å². The highest BCUT2D eigenvalue weighted by Gasteiger charge is 2.26. The quantitative estimate of drug-likeness (QED) is 0.600. The minimum atomic E-state index is -0.485. The van der Waals surface area contributed by atoms with Crippen LogP contribution in [0.3, 0.4) is 0 Å². The lowest BCUT2D eigenvalue weighted by atomic mass is 10.0. The Morgan fingerprint density at radius 3 is 2.71 bits per heavy atom. The van der Waals surface area contributed by atoms with Crippen LogP contribution >= 0.6 is 24.0 Å². The van der Waals surface area contributed by atoms with Gasteiger partial charge in [-0.1, -0.05) is 24.3 Å². The number of fused-ring (bicyclic) bond motifs is 1. The first-order valence-electron chi connectivity index (χ1n) is 8.55. The predicted molar refractivity (Wildman–Crippen MR) is 111 cm³/mol. The van der Waals surface area contributed by atoms with E-state index in [1.54, 1.807) is 30.9 Å². The van der Waals surface area contributed by atoms with Gasteiger partial charge in [-0.2, -0.15) is 0 Å². The number of hydrogen-bond acceptors (Lipinski definition) is 5. The smallest absolute Gasteiger partial charge is 0.264 e. The third-order valence-corrected chi connectivity index (χ3v) is 6.29. The van der Waals surface area contributed by atoms with Gasteiger partial charge in [0.2, 0.25) is 5.88 Å². The molecule has 5 nitrogen and oxygen atoms in total. The summed E-state index contributed by atoms with van der Waals surface area (Å²) in [6.45, 7) is 0. The Balaban J connectivity index is 1.90. The summed E-state index contributed by atoms with van der Waals surface area (Å²) >= 11 is 6.65. The highest BCUT2D eigenvalue weighted by atomic mass is 32.2. The van der Waals surface area contributed by atoms with Gasteiger partial charge in [0.15, 0.2) is 4.77 Å². The van der Waals surface area contributed by atoms with Crippen molar-refractivity contribution < 1.29 is 9.50 Å². The van der Waals surface area contributed by atoms with Crippen LogP contribution in [0.1, 0.15) is 22.8 Å². The number of thioether (sulfide) groups is 1.